The van der Waals surface area contributed by atoms with Crippen molar-refractivity contribution in [2.45, 2.75) is 4.21 Å². The molecule has 13 heavy (non-hydrogen) atoms. The topological polar surface area (TPSA) is 25.8 Å². The molecule has 0 atom stereocenters. The summed E-state index contributed by atoms with van der Waals surface area (Å²) in [4.78, 5) is 8.37. The van der Waals surface area contributed by atoms with Crippen LogP contribution in [-0.2, 0) is 0 Å². The zero-order valence-electron chi connectivity index (χ0n) is 7.10. The van der Waals surface area contributed by atoms with Crippen LogP contribution < -0.4 is 0 Å². The van der Waals surface area contributed by atoms with Crippen molar-refractivity contribution in [3.8, 4) is 10.6 Å². The second-order valence-electron chi connectivity index (χ2n) is 2.43. The van der Waals surface area contributed by atoms with Crippen LogP contribution in [0.25, 0.3) is 10.6 Å². The minimum atomic E-state index is 1.04. The van der Waals surface area contributed by atoms with Crippen LogP contribution in [0.1, 0.15) is 0 Å². The van der Waals surface area contributed by atoms with Gasteiger partial charge in [-0.15, -0.1) is 23.1 Å². The van der Waals surface area contributed by atoms with E-state index >= 15 is 0 Å². The van der Waals surface area contributed by atoms with Gasteiger partial charge in [-0.2, -0.15) is 0 Å². The van der Waals surface area contributed by atoms with Crippen molar-refractivity contribution in [2.24, 2.45) is 0 Å². The fourth-order valence-corrected chi connectivity index (χ4v) is 2.34. The molecule has 0 saturated carbocycles. The van der Waals surface area contributed by atoms with Crippen molar-refractivity contribution < 1.29 is 0 Å². The van der Waals surface area contributed by atoms with Gasteiger partial charge in [0, 0.05) is 18.0 Å². The highest BCUT2D eigenvalue weighted by molar-refractivity contribution is 8.00. The van der Waals surface area contributed by atoms with Gasteiger partial charge in [-0.05, 0) is 18.4 Å². The molecule has 0 bridgehead atoms. The number of aromatic nitrogens is 2. The molecule has 66 valence electrons. The Kier molecular flexibility index (Phi) is 2.61. The highest BCUT2D eigenvalue weighted by Gasteiger charge is 2.02. The van der Waals surface area contributed by atoms with Gasteiger partial charge in [0.05, 0.1) is 10.4 Å². The maximum absolute atomic E-state index is 4.31. The molecule has 0 aromatic carbocycles. The maximum Gasteiger partial charge on any atom is 0.125 e. The summed E-state index contributed by atoms with van der Waals surface area (Å²) in [6, 6.07) is 3.95. The van der Waals surface area contributed by atoms with Gasteiger partial charge in [0.25, 0.3) is 0 Å². The van der Waals surface area contributed by atoms with Crippen LogP contribution in [0, 0.1) is 0 Å². The highest BCUT2D eigenvalue weighted by atomic mass is 32.2. The number of pyridine rings is 1. The molecule has 0 unspecified atom stereocenters. The third-order valence-corrected chi connectivity index (χ3v) is 3.69. The fraction of sp³-hybridized carbons (Fsp3) is 0.111. The van der Waals surface area contributed by atoms with Crippen molar-refractivity contribution >= 4 is 23.1 Å². The van der Waals surface area contributed by atoms with Crippen LogP contribution in [0.3, 0.4) is 0 Å². The van der Waals surface area contributed by atoms with Crippen molar-refractivity contribution in [1.82, 2.24) is 9.97 Å². The number of hydrogen-bond donors (Lipinski definition) is 0. The predicted molar refractivity (Wildman–Crippen MR) is 57.1 cm³/mol. The Labute approximate surface area is 85.1 Å². The zero-order chi connectivity index (χ0) is 9.10. The lowest BCUT2D eigenvalue weighted by Crippen LogP contribution is -1.75. The van der Waals surface area contributed by atoms with Gasteiger partial charge in [-0.3, -0.25) is 4.98 Å². The molecule has 2 nitrogen and oxygen atoms in total. The summed E-state index contributed by atoms with van der Waals surface area (Å²) in [7, 11) is 0. The molecule has 0 aliphatic heterocycles. The minimum Gasteiger partial charge on any atom is -0.264 e. The first-order valence-electron chi connectivity index (χ1n) is 3.80. The van der Waals surface area contributed by atoms with Gasteiger partial charge in [0.15, 0.2) is 0 Å². The van der Waals surface area contributed by atoms with Crippen LogP contribution in [0.15, 0.2) is 34.9 Å². The summed E-state index contributed by atoms with van der Waals surface area (Å²) in [6.45, 7) is 0. The van der Waals surface area contributed by atoms with Gasteiger partial charge in [-0.1, -0.05) is 0 Å². The van der Waals surface area contributed by atoms with E-state index in [1.165, 1.54) is 4.21 Å². The van der Waals surface area contributed by atoms with E-state index in [4.69, 9.17) is 0 Å². The number of rotatable bonds is 2. The Morgan fingerprint density at radius 1 is 1.38 bits per heavy atom. The molecule has 0 fully saturated rings. The molecule has 2 heterocycles. The smallest absolute Gasteiger partial charge is 0.125 e. The first kappa shape index (κ1) is 8.72. The van der Waals surface area contributed by atoms with Gasteiger partial charge < -0.3 is 0 Å². The van der Waals surface area contributed by atoms with Crippen molar-refractivity contribution in [3.05, 3.63) is 30.7 Å². The zero-order valence-corrected chi connectivity index (χ0v) is 8.73. The van der Waals surface area contributed by atoms with E-state index in [9.17, 15) is 0 Å². The number of hydrogen-bond acceptors (Lipinski definition) is 4. The summed E-state index contributed by atoms with van der Waals surface area (Å²) in [5.74, 6) is 0. The van der Waals surface area contributed by atoms with Crippen LogP contribution in [0.4, 0.5) is 0 Å². The largest absolute Gasteiger partial charge is 0.264 e. The Morgan fingerprint density at radius 2 is 2.31 bits per heavy atom. The van der Waals surface area contributed by atoms with Gasteiger partial charge in [0.2, 0.25) is 0 Å². The average molecular weight is 208 g/mol. The number of nitrogens with zero attached hydrogens (tertiary/aromatic N) is 2. The molecule has 0 radical (unpaired) electrons. The summed E-state index contributed by atoms with van der Waals surface area (Å²) in [5, 5.41) is 1.04. The van der Waals surface area contributed by atoms with E-state index in [-0.39, 0.29) is 0 Å². The Morgan fingerprint density at radius 3 is 2.92 bits per heavy atom. The van der Waals surface area contributed by atoms with E-state index in [1.54, 1.807) is 29.3 Å². The molecule has 0 aliphatic rings. The Bertz CT molecular complexity index is 384. The van der Waals surface area contributed by atoms with Gasteiger partial charge in [-0.25, -0.2) is 4.98 Å². The average Bonchev–Trinajstić information content (AvgIpc) is 2.67. The highest BCUT2D eigenvalue weighted by Crippen LogP contribution is 2.29. The first-order valence-corrected chi connectivity index (χ1v) is 5.84. The fourth-order valence-electron chi connectivity index (χ4n) is 0.976. The maximum atomic E-state index is 4.31. The second-order valence-corrected chi connectivity index (χ2v) is 4.57. The molecule has 0 saturated heterocycles. The molecule has 0 amide bonds. The standard InChI is InChI=1S/C9H8N2S2/c1-12-8-6-11-9(13-8)7-3-2-4-10-5-7/h2-6H,1H3. The quantitative estimate of drug-likeness (QED) is 0.710. The lowest BCUT2D eigenvalue weighted by atomic mass is 10.3. The molecule has 2 aromatic rings. The molecule has 2 aromatic heterocycles. The molecular formula is C9H8N2S2. The molecule has 0 spiro atoms. The van der Waals surface area contributed by atoms with Crippen molar-refractivity contribution in [2.75, 3.05) is 6.26 Å². The van der Waals surface area contributed by atoms with E-state index in [2.05, 4.69) is 16.2 Å². The van der Waals surface area contributed by atoms with Crippen LogP contribution in [0.2, 0.25) is 0 Å². The number of thiazole rings is 1. The second kappa shape index (κ2) is 3.89. The van der Waals surface area contributed by atoms with E-state index in [0.29, 0.717) is 0 Å². The van der Waals surface area contributed by atoms with E-state index < -0.39 is 0 Å². The molecule has 0 aliphatic carbocycles. The molecular weight excluding hydrogens is 200 g/mol. The van der Waals surface area contributed by atoms with Crippen LogP contribution in [0.5, 0.6) is 0 Å². The first-order chi connectivity index (χ1) is 6.40. The van der Waals surface area contributed by atoms with Crippen LogP contribution >= 0.6 is 23.1 Å². The SMILES string of the molecule is CSc1cnc(-c2cccnc2)s1. The van der Waals surface area contributed by atoms with Gasteiger partial charge >= 0.3 is 0 Å². The monoisotopic (exact) mass is 208 g/mol. The predicted octanol–water partition coefficient (Wildman–Crippen LogP) is 2.93. The Balaban J connectivity index is 2.36. The lowest BCUT2D eigenvalue weighted by Gasteiger charge is -1.91. The molecule has 0 N–H and O–H groups in total. The third-order valence-electron chi connectivity index (χ3n) is 1.59. The lowest BCUT2D eigenvalue weighted by molar-refractivity contribution is 1.31. The minimum absolute atomic E-state index is 1.04. The summed E-state index contributed by atoms with van der Waals surface area (Å²) in [6.07, 6.45) is 7.56. The third kappa shape index (κ3) is 1.89. The Hall–Kier alpha value is -0.870. The molecule has 4 heteroatoms. The normalized spacial score (nSPS) is 10.2. The van der Waals surface area contributed by atoms with Crippen LogP contribution in [-0.4, -0.2) is 16.2 Å². The van der Waals surface area contributed by atoms with Gasteiger partial charge in [0.1, 0.15) is 5.01 Å². The summed E-state index contributed by atoms with van der Waals surface area (Å²) >= 11 is 3.42. The number of thioether (sulfide) groups is 1. The van der Waals surface area contributed by atoms with E-state index in [0.717, 1.165) is 10.6 Å². The van der Waals surface area contributed by atoms with Crippen molar-refractivity contribution in [3.63, 3.8) is 0 Å². The summed E-state index contributed by atoms with van der Waals surface area (Å²) < 4.78 is 1.24. The molecule has 2 rings (SSSR count). The summed E-state index contributed by atoms with van der Waals surface area (Å²) in [5.41, 5.74) is 1.09. The van der Waals surface area contributed by atoms with E-state index in [1.807, 2.05) is 24.5 Å². The van der Waals surface area contributed by atoms with Crippen molar-refractivity contribution in [1.29, 1.82) is 0 Å².